The molecule has 1 aromatic rings. The molecule has 4 amide bonds. The summed E-state index contributed by atoms with van der Waals surface area (Å²) in [5.41, 5.74) is 1.31. The van der Waals surface area contributed by atoms with Crippen molar-refractivity contribution < 1.29 is 33.4 Å². The first-order valence-corrected chi connectivity index (χ1v) is 9.47. The molecule has 1 N–H and O–H groups in total. The molecule has 9 nitrogen and oxygen atoms in total. The topological polar surface area (TPSA) is 119 Å². The van der Waals surface area contributed by atoms with Gasteiger partial charge in [0.2, 0.25) is 11.8 Å². The first kappa shape index (κ1) is 20.8. The normalized spacial score (nSPS) is 18.8. The molecule has 2 heterocycles. The van der Waals surface area contributed by atoms with Crippen LogP contribution >= 0.6 is 0 Å². The van der Waals surface area contributed by atoms with Gasteiger partial charge in [-0.05, 0) is 30.9 Å². The summed E-state index contributed by atoms with van der Waals surface area (Å²) in [6.45, 7) is 1.17. The third-order valence-electron chi connectivity index (χ3n) is 4.85. The largest absolute Gasteiger partial charge is 0.379 e. The van der Waals surface area contributed by atoms with Crippen LogP contribution in [0.15, 0.2) is 18.2 Å². The molecule has 29 heavy (non-hydrogen) atoms. The number of carbonyl (C=O) groups excluding carboxylic acids is 5. The fourth-order valence-corrected chi connectivity index (χ4v) is 3.51. The Labute approximate surface area is 167 Å². The summed E-state index contributed by atoms with van der Waals surface area (Å²) < 4.78 is 10.4. The molecule has 1 unspecified atom stereocenters. The van der Waals surface area contributed by atoms with Crippen LogP contribution in [0.3, 0.4) is 0 Å². The number of benzene rings is 1. The number of aryl methyl sites for hydroxylation is 1. The molecular weight excluding hydrogens is 380 g/mol. The van der Waals surface area contributed by atoms with Crippen LogP contribution in [0.1, 0.15) is 45.5 Å². The Balaban J connectivity index is 1.62. The maximum atomic E-state index is 13.0. The number of hydrogen-bond donors (Lipinski definition) is 1. The van der Waals surface area contributed by atoms with E-state index in [-0.39, 0.29) is 25.0 Å². The van der Waals surface area contributed by atoms with Crippen LogP contribution < -0.4 is 5.32 Å². The highest BCUT2D eigenvalue weighted by Gasteiger charge is 2.45. The van der Waals surface area contributed by atoms with Crippen LogP contribution in [0.25, 0.3) is 0 Å². The molecule has 1 aromatic carbocycles. The minimum atomic E-state index is -0.970. The molecule has 0 aromatic heterocycles. The highest BCUT2D eigenvalue weighted by atomic mass is 16.5. The lowest BCUT2D eigenvalue weighted by Crippen LogP contribution is -2.54. The van der Waals surface area contributed by atoms with Gasteiger partial charge in [0.1, 0.15) is 18.9 Å². The van der Waals surface area contributed by atoms with Crippen molar-refractivity contribution >= 4 is 29.9 Å². The fraction of sp³-hybridized carbons (Fsp3) is 0.450. The van der Waals surface area contributed by atoms with Gasteiger partial charge in [0, 0.05) is 13.0 Å². The zero-order valence-electron chi connectivity index (χ0n) is 15.8. The van der Waals surface area contributed by atoms with Crippen LogP contribution in [-0.2, 0) is 30.3 Å². The molecule has 0 spiro atoms. The number of carbonyl (C=O) groups is 5. The summed E-state index contributed by atoms with van der Waals surface area (Å²) in [4.78, 5) is 60.3. The van der Waals surface area contributed by atoms with Crippen molar-refractivity contribution in [1.29, 1.82) is 0 Å². The van der Waals surface area contributed by atoms with E-state index in [2.05, 4.69) is 5.32 Å². The highest BCUT2D eigenvalue weighted by Crippen LogP contribution is 2.30. The van der Waals surface area contributed by atoms with Crippen molar-refractivity contribution in [2.24, 2.45) is 0 Å². The first-order chi connectivity index (χ1) is 14.0. The number of rotatable bonds is 10. The second-order valence-electron chi connectivity index (χ2n) is 6.74. The van der Waals surface area contributed by atoms with E-state index in [1.807, 2.05) is 0 Å². The average Bonchev–Trinajstić information content (AvgIpc) is 2.95. The lowest BCUT2D eigenvalue weighted by atomic mass is 9.99. The Hall–Kier alpha value is -2.91. The number of piperidine rings is 1. The molecule has 0 radical (unpaired) electrons. The van der Waals surface area contributed by atoms with E-state index in [4.69, 9.17) is 9.47 Å². The quantitative estimate of drug-likeness (QED) is 0.338. The molecular formula is C20H22N2O7. The van der Waals surface area contributed by atoms with Crippen molar-refractivity contribution in [3.8, 4) is 0 Å². The monoisotopic (exact) mass is 402 g/mol. The number of imide groups is 2. The molecule has 3 rings (SSSR count). The molecule has 0 aliphatic carbocycles. The lowest BCUT2D eigenvalue weighted by Gasteiger charge is -2.27. The van der Waals surface area contributed by atoms with E-state index in [9.17, 15) is 24.0 Å². The Bertz CT molecular complexity index is 836. The van der Waals surface area contributed by atoms with E-state index in [0.29, 0.717) is 44.5 Å². The zero-order valence-corrected chi connectivity index (χ0v) is 15.8. The molecule has 1 saturated heterocycles. The summed E-state index contributed by atoms with van der Waals surface area (Å²) in [5.74, 6) is -2.04. The molecule has 2 aliphatic rings. The first-order valence-electron chi connectivity index (χ1n) is 9.47. The molecule has 1 atom stereocenters. The number of amides is 4. The van der Waals surface area contributed by atoms with Crippen molar-refractivity contribution in [1.82, 2.24) is 10.2 Å². The molecule has 1 fully saturated rings. The predicted molar refractivity (Wildman–Crippen MR) is 99.1 cm³/mol. The molecule has 0 saturated carbocycles. The van der Waals surface area contributed by atoms with Crippen LogP contribution in [0.4, 0.5) is 0 Å². The Morgan fingerprint density at radius 2 is 1.86 bits per heavy atom. The Morgan fingerprint density at radius 3 is 2.62 bits per heavy atom. The maximum absolute atomic E-state index is 13.0. The summed E-state index contributed by atoms with van der Waals surface area (Å²) in [5, 5.41) is 2.19. The number of aldehydes is 1. The average molecular weight is 402 g/mol. The summed E-state index contributed by atoms with van der Waals surface area (Å²) in [6, 6.07) is 4.10. The van der Waals surface area contributed by atoms with Gasteiger partial charge >= 0.3 is 0 Å². The maximum Gasteiger partial charge on any atom is 0.262 e. The SMILES string of the molecule is O=CCOCCOCCCc1cccc2c1C(=O)N(C1CCC(=O)NC1=O)C2=O. The fourth-order valence-electron chi connectivity index (χ4n) is 3.51. The van der Waals surface area contributed by atoms with E-state index >= 15 is 0 Å². The van der Waals surface area contributed by atoms with Crippen LogP contribution in [0, 0.1) is 0 Å². The highest BCUT2D eigenvalue weighted by molar-refractivity contribution is 6.24. The van der Waals surface area contributed by atoms with Crippen molar-refractivity contribution in [2.75, 3.05) is 26.4 Å². The van der Waals surface area contributed by atoms with E-state index < -0.39 is 29.7 Å². The van der Waals surface area contributed by atoms with Gasteiger partial charge in [-0.1, -0.05) is 12.1 Å². The van der Waals surface area contributed by atoms with Crippen LogP contribution in [0.5, 0.6) is 0 Å². The number of fused-ring (bicyclic) bond motifs is 1. The van der Waals surface area contributed by atoms with Gasteiger partial charge in [-0.25, -0.2) is 0 Å². The zero-order chi connectivity index (χ0) is 20.8. The minimum Gasteiger partial charge on any atom is -0.379 e. The van der Waals surface area contributed by atoms with Gasteiger partial charge in [0.15, 0.2) is 0 Å². The molecule has 2 aliphatic heterocycles. The van der Waals surface area contributed by atoms with Gasteiger partial charge in [0.05, 0.1) is 24.3 Å². The Kier molecular flexibility index (Phi) is 6.84. The van der Waals surface area contributed by atoms with E-state index in [1.165, 1.54) is 0 Å². The minimum absolute atomic E-state index is 0.0410. The van der Waals surface area contributed by atoms with Crippen molar-refractivity contribution in [3.05, 3.63) is 34.9 Å². The molecule has 9 heteroatoms. The van der Waals surface area contributed by atoms with E-state index in [1.54, 1.807) is 18.2 Å². The molecule has 0 bridgehead atoms. The van der Waals surface area contributed by atoms with Crippen molar-refractivity contribution in [3.63, 3.8) is 0 Å². The van der Waals surface area contributed by atoms with Crippen LogP contribution in [0.2, 0.25) is 0 Å². The smallest absolute Gasteiger partial charge is 0.262 e. The summed E-state index contributed by atoms with van der Waals surface area (Å²) in [7, 11) is 0. The van der Waals surface area contributed by atoms with E-state index in [0.717, 1.165) is 10.5 Å². The number of ether oxygens (including phenoxy) is 2. The van der Waals surface area contributed by atoms with Gasteiger partial charge in [-0.2, -0.15) is 0 Å². The number of nitrogens with one attached hydrogen (secondary N) is 1. The van der Waals surface area contributed by atoms with Gasteiger partial charge < -0.3 is 14.3 Å². The number of hydrogen-bond acceptors (Lipinski definition) is 7. The van der Waals surface area contributed by atoms with Crippen molar-refractivity contribution in [2.45, 2.75) is 31.7 Å². The summed E-state index contributed by atoms with van der Waals surface area (Å²) in [6.07, 6.45) is 2.05. The Morgan fingerprint density at radius 1 is 1.07 bits per heavy atom. The molecule has 154 valence electrons. The second-order valence-corrected chi connectivity index (χ2v) is 6.74. The van der Waals surface area contributed by atoms with Gasteiger partial charge in [0.25, 0.3) is 11.8 Å². The third-order valence-corrected chi connectivity index (χ3v) is 4.85. The van der Waals surface area contributed by atoms with Gasteiger partial charge in [-0.15, -0.1) is 0 Å². The lowest BCUT2D eigenvalue weighted by molar-refractivity contribution is -0.136. The standard InChI is InChI=1S/C20H22N2O7/c23-8-10-29-12-11-28-9-2-4-13-3-1-5-14-17(13)20(27)22(19(14)26)15-6-7-16(24)21-18(15)25/h1,3,5,8,15H,2,4,6-7,9-12H2,(H,21,24,25). The summed E-state index contributed by atoms with van der Waals surface area (Å²) >= 11 is 0. The van der Waals surface area contributed by atoms with Gasteiger partial charge in [-0.3, -0.25) is 29.4 Å². The van der Waals surface area contributed by atoms with Crippen LogP contribution in [-0.4, -0.2) is 67.3 Å². The predicted octanol–water partition coefficient (Wildman–Crippen LogP) is 0.253. The number of nitrogens with zero attached hydrogens (tertiary/aromatic N) is 1. The second kappa shape index (κ2) is 9.53. The third kappa shape index (κ3) is 4.57.